The van der Waals surface area contributed by atoms with Gasteiger partial charge in [-0.1, -0.05) is 79.3 Å². The number of alkyl halides is 3. The van der Waals surface area contributed by atoms with Crippen LogP contribution in [0.3, 0.4) is 0 Å². The fourth-order valence-electron chi connectivity index (χ4n) is 10.6. The Morgan fingerprint density at radius 1 is 0.556 bits per heavy atom. The molecule has 2 fully saturated rings. The summed E-state index contributed by atoms with van der Waals surface area (Å²) in [5.74, 6) is 8.37. The van der Waals surface area contributed by atoms with Gasteiger partial charge in [0.05, 0.1) is 176 Å². The van der Waals surface area contributed by atoms with Gasteiger partial charge in [-0.2, -0.15) is 24.9 Å². The van der Waals surface area contributed by atoms with Crippen LogP contribution in [-0.2, 0) is 91.8 Å². The molecule has 0 aliphatic carbocycles. The van der Waals surface area contributed by atoms with E-state index in [1.54, 1.807) is 17.0 Å². The number of thioether (sulfide) groups is 1. The van der Waals surface area contributed by atoms with Crippen molar-refractivity contribution in [3.8, 4) is 23.3 Å². The Kier molecular flexibility index (Phi) is 35.8. The van der Waals surface area contributed by atoms with Crippen LogP contribution in [0.25, 0.3) is 0 Å². The number of nitrogens with one attached hydrogen (secondary N) is 4. The summed E-state index contributed by atoms with van der Waals surface area (Å²) in [7, 11) is 0. The van der Waals surface area contributed by atoms with Gasteiger partial charge in [0, 0.05) is 72.8 Å². The first-order valence-electron chi connectivity index (χ1n) is 34.1. The number of ether oxygens (including phenoxy) is 14. The molecule has 4 amide bonds. The summed E-state index contributed by atoms with van der Waals surface area (Å²) < 4.78 is 120. The summed E-state index contributed by atoms with van der Waals surface area (Å²) >= 11 is 1.95. The van der Waals surface area contributed by atoms with Gasteiger partial charge in [-0.15, -0.1) is 10.2 Å². The Bertz CT molecular complexity index is 3090. The van der Waals surface area contributed by atoms with Crippen molar-refractivity contribution >= 4 is 35.3 Å². The van der Waals surface area contributed by atoms with Crippen molar-refractivity contribution in [3.05, 3.63) is 124 Å². The molecule has 1 unspecified atom stereocenters. The quantitative estimate of drug-likeness (QED) is 0.0188. The highest BCUT2D eigenvalue weighted by Gasteiger charge is 2.65. The lowest BCUT2D eigenvalue weighted by Crippen LogP contribution is -2.36. The van der Waals surface area contributed by atoms with Gasteiger partial charge in [0.15, 0.2) is 0 Å². The number of anilines is 1. The largest absolute Gasteiger partial charge is 0.491 e. The third-order valence-corrected chi connectivity index (χ3v) is 17.4. The molecular formula is C71H96F3N7O17S. The highest BCUT2D eigenvalue weighted by atomic mass is 32.2. The minimum Gasteiger partial charge on any atom is -0.491 e. The van der Waals surface area contributed by atoms with E-state index in [2.05, 4.69) is 43.3 Å². The van der Waals surface area contributed by atoms with Crippen LogP contribution in [-0.4, -0.2) is 225 Å². The Hall–Kier alpha value is -6.53. The molecule has 4 aliphatic rings. The molecule has 0 radical (unpaired) electrons. The van der Waals surface area contributed by atoms with Gasteiger partial charge in [-0.25, -0.2) is 4.79 Å². The molecule has 544 valence electrons. The number of unbranched alkanes of at least 4 members (excludes halogenated alkanes) is 2. The zero-order valence-electron chi connectivity index (χ0n) is 56.4. The summed E-state index contributed by atoms with van der Waals surface area (Å²) in [6.07, 6.45) is 0.0948. The number of benzene rings is 4. The maximum absolute atomic E-state index is 13.4. The summed E-state index contributed by atoms with van der Waals surface area (Å²) in [5, 5.41) is 19.2. The number of nitrogens with zero attached hydrogens (tertiary/aromatic N) is 3. The van der Waals surface area contributed by atoms with Gasteiger partial charge in [-0.3, -0.25) is 9.59 Å². The molecule has 24 nitrogen and oxygen atoms in total. The second-order valence-corrected chi connectivity index (χ2v) is 24.5. The molecule has 0 aromatic heterocycles. The van der Waals surface area contributed by atoms with Crippen LogP contribution in [0.15, 0.2) is 101 Å². The van der Waals surface area contributed by atoms with Gasteiger partial charge in [-0.05, 0) is 59.9 Å². The van der Waals surface area contributed by atoms with Crippen molar-refractivity contribution in [2.45, 2.75) is 87.4 Å². The summed E-state index contributed by atoms with van der Waals surface area (Å²) in [6, 6.07) is 27.5. The molecule has 0 spiro atoms. The van der Waals surface area contributed by atoms with Crippen molar-refractivity contribution in [1.82, 2.24) is 21.3 Å². The summed E-state index contributed by atoms with van der Waals surface area (Å²) in [5.41, 5.74) is 2.62. The van der Waals surface area contributed by atoms with Gasteiger partial charge >= 0.3 is 17.9 Å². The Balaban J connectivity index is 0.608. The molecule has 4 aliphatic heterocycles. The van der Waals surface area contributed by atoms with E-state index in [0.29, 0.717) is 195 Å². The van der Waals surface area contributed by atoms with Crippen LogP contribution in [0.1, 0.15) is 71.9 Å². The Morgan fingerprint density at radius 2 is 1.08 bits per heavy atom. The number of para-hydroxylation sites is 1. The maximum atomic E-state index is 13.4. The van der Waals surface area contributed by atoms with Gasteiger partial charge in [0.1, 0.15) is 24.7 Å². The molecule has 0 saturated carbocycles. The number of halogens is 3. The van der Waals surface area contributed by atoms with Crippen molar-refractivity contribution in [3.63, 3.8) is 0 Å². The maximum Gasteiger partial charge on any atom is 0.442 e. The lowest BCUT2D eigenvalue weighted by atomic mass is 10.0. The molecular weight excluding hydrogens is 1310 g/mol. The number of carbonyl (C=O) groups excluding carboxylic acids is 3. The third kappa shape index (κ3) is 29.2. The van der Waals surface area contributed by atoms with Gasteiger partial charge in [0.2, 0.25) is 11.8 Å². The number of hydrogen-bond donors (Lipinski definition) is 4. The standard InChI is InChI=1S/C71H96F3N7O17S/c72-71(73,74)70(79-80-70)60-17-13-55(14-18-60)53-96-43-42-93-37-36-92-39-41-95-45-47-98-62-49-56(48-61(50-62)97-46-44-94-40-38-91-35-32-88-29-26-85-23-7-1-2-12-65-68-63(54-99-65)77-69(84)78-68)51-75-22-25-87-28-31-90-34-33-89-30-27-86-24-20-66(82)76-21-19-67(83)81-52-59-10-4-3-8-57(59)15-16-58-9-5-6-11-64(58)81/h3-6,8-11,13-14,17-18,48-50,63,65,68,75H,1-2,7,12,19-47,51-54H2,(H,76,82)(H2,77,78,84)/t63-,65?,68-/m0/s1. The lowest BCUT2D eigenvalue weighted by Gasteiger charge is -2.26. The van der Waals surface area contributed by atoms with Crippen molar-refractivity contribution < 1.29 is 93.9 Å². The molecule has 4 aromatic carbocycles. The molecule has 3 atom stereocenters. The SMILES string of the molecule is O=C(CCOCCOCCOCCOCCNCc1cc(OCCOCCOCCOCCOCCCCCC2SC[C@@H]3NC(=O)N[C@H]23)cc(OCCOCCOCCOCCOCc2ccc(C3(C(F)(F)F)N=N3)cc2)c1)NCCC(=O)N1Cc2ccccc2C#Cc2ccccc21. The van der Waals surface area contributed by atoms with Crippen molar-refractivity contribution in [2.75, 3.05) is 189 Å². The van der Waals surface area contributed by atoms with E-state index in [9.17, 15) is 27.6 Å². The normalized spacial score (nSPS) is 16.4. The van der Waals surface area contributed by atoms with E-state index in [1.807, 2.05) is 78.5 Å². The first kappa shape index (κ1) is 78.2. The second-order valence-electron chi connectivity index (χ2n) is 23.3. The zero-order chi connectivity index (χ0) is 69.3. The number of urea groups is 1. The number of amides is 4. The Labute approximate surface area is 582 Å². The monoisotopic (exact) mass is 1410 g/mol. The van der Waals surface area contributed by atoms with Gasteiger partial charge in [0.25, 0.3) is 0 Å². The van der Waals surface area contributed by atoms with E-state index in [0.717, 1.165) is 64.9 Å². The molecule has 99 heavy (non-hydrogen) atoms. The second kappa shape index (κ2) is 45.4. The molecule has 4 N–H and O–H groups in total. The minimum atomic E-state index is -4.56. The molecule has 4 heterocycles. The topological polar surface area (TPSA) is 257 Å². The summed E-state index contributed by atoms with van der Waals surface area (Å²) in [6.45, 7) is 11.9. The zero-order valence-corrected chi connectivity index (χ0v) is 57.2. The highest BCUT2D eigenvalue weighted by molar-refractivity contribution is 8.00. The average molecular weight is 1410 g/mol. The van der Waals surface area contributed by atoms with Crippen LogP contribution in [0.5, 0.6) is 11.5 Å². The highest BCUT2D eigenvalue weighted by Crippen LogP contribution is 2.52. The molecule has 28 heteroatoms. The predicted octanol–water partition coefficient (Wildman–Crippen LogP) is 7.68. The third-order valence-electron chi connectivity index (χ3n) is 15.9. The van der Waals surface area contributed by atoms with E-state index < -0.39 is 11.8 Å². The molecule has 0 bridgehead atoms. The fraction of sp³-hybridized carbons (Fsp3) is 0.592. The number of rotatable bonds is 55. The average Bonchev–Trinajstić information content (AvgIpc) is 1.58. The van der Waals surface area contributed by atoms with Crippen LogP contribution in [0.4, 0.5) is 23.7 Å². The summed E-state index contributed by atoms with van der Waals surface area (Å²) in [4.78, 5) is 39.3. The van der Waals surface area contributed by atoms with Crippen LogP contribution in [0.2, 0.25) is 0 Å². The molecule has 4 aromatic rings. The van der Waals surface area contributed by atoms with Crippen LogP contribution < -0.4 is 35.6 Å². The van der Waals surface area contributed by atoms with Crippen molar-refractivity contribution in [1.29, 1.82) is 0 Å². The first-order valence-corrected chi connectivity index (χ1v) is 35.2. The van der Waals surface area contributed by atoms with E-state index in [1.165, 1.54) is 12.1 Å². The first-order chi connectivity index (χ1) is 48.5. The van der Waals surface area contributed by atoms with Gasteiger partial charge < -0.3 is 92.5 Å². The number of carbonyl (C=O) groups is 3. The molecule has 8 rings (SSSR count). The fourth-order valence-corrected chi connectivity index (χ4v) is 12.2. The number of fused-ring (bicyclic) bond motifs is 3. The predicted molar refractivity (Wildman–Crippen MR) is 363 cm³/mol. The van der Waals surface area contributed by atoms with E-state index in [4.69, 9.17) is 66.3 Å². The van der Waals surface area contributed by atoms with Crippen LogP contribution in [0, 0.1) is 11.8 Å². The molecule has 2 saturated heterocycles. The van der Waals surface area contributed by atoms with E-state index in [-0.39, 0.29) is 68.1 Å². The van der Waals surface area contributed by atoms with E-state index >= 15 is 0 Å². The smallest absolute Gasteiger partial charge is 0.442 e. The minimum absolute atomic E-state index is 0.0207. The number of hydrogen-bond acceptors (Lipinski definition) is 21. The van der Waals surface area contributed by atoms with Crippen LogP contribution >= 0.6 is 11.8 Å². The van der Waals surface area contributed by atoms with Crippen molar-refractivity contribution in [2.24, 2.45) is 10.2 Å². The lowest BCUT2D eigenvalue weighted by molar-refractivity contribution is -0.166. The Morgan fingerprint density at radius 3 is 1.68 bits per heavy atom.